The molecule has 7 heteroatoms. The highest BCUT2D eigenvalue weighted by Crippen LogP contribution is 2.32. The second-order valence-corrected chi connectivity index (χ2v) is 9.53. The molecule has 1 fully saturated rings. The second kappa shape index (κ2) is 9.20. The molecule has 1 atom stereocenters. The summed E-state index contributed by atoms with van der Waals surface area (Å²) < 4.78 is 5.21. The van der Waals surface area contributed by atoms with Crippen molar-refractivity contribution in [2.45, 2.75) is 44.9 Å². The molecule has 0 spiro atoms. The van der Waals surface area contributed by atoms with Crippen LogP contribution in [0.25, 0.3) is 6.08 Å². The van der Waals surface area contributed by atoms with Crippen LogP contribution in [0.5, 0.6) is 5.75 Å². The summed E-state index contributed by atoms with van der Waals surface area (Å²) in [7, 11) is 1.62. The number of carbonyl (C=O) groups is 2. The number of rotatable bonds is 6. The van der Waals surface area contributed by atoms with Gasteiger partial charge in [-0.15, -0.1) is 0 Å². The topological polar surface area (TPSA) is 71.0 Å². The zero-order valence-corrected chi connectivity index (χ0v) is 19.5. The third-order valence-electron chi connectivity index (χ3n) is 5.29. The number of benzene rings is 2. The number of hydrogen-bond donors (Lipinski definition) is 1. The van der Waals surface area contributed by atoms with Crippen molar-refractivity contribution >= 4 is 40.5 Å². The summed E-state index contributed by atoms with van der Waals surface area (Å²) in [4.78, 5) is 32.2. The van der Waals surface area contributed by atoms with Gasteiger partial charge in [0.2, 0.25) is 5.91 Å². The van der Waals surface area contributed by atoms with Crippen molar-refractivity contribution in [2.24, 2.45) is 4.99 Å². The van der Waals surface area contributed by atoms with Gasteiger partial charge in [-0.25, -0.2) is 4.99 Å². The number of anilines is 1. The van der Waals surface area contributed by atoms with E-state index in [0.29, 0.717) is 16.9 Å². The van der Waals surface area contributed by atoms with E-state index in [1.807, 2.05) is 57.2 Å². The molecule has 32 heavy (non-hydrogen) atoms. The van der Waals surface area contributed by atoms with Gasteiger partial charge in [-0.05, 0) is 80.6 Å². The maximum Gasteiger partial charge on any atom is 0.283 e. The standard InChI is InChI=1S/C25H27N3O3S/c1-15-11-16(2)13-20(12-15)28-24(30)22(14-18-5-9-21(31-4)10-6-18)27-25(28)32-17(3)23(29)26-19-7-8-19/h5-6,9-14,17,19H,7-8H2,1-4H3,(H,26,29)/b22-14-. The van der Waals surface area contributed by atoms with Crippen LogP contribution in [0.15, 0.2) is 53.2 Å². The molecular formula is C25H27N3O3S. The van der Waals surface area contributed by atoms with E-state index >= 15 is 0 Å². The fraction of sp³-hybridized carbons (Fsp3) is 0.320. The first-order chi connectivity index (χ1) is 15.3. The molecule has 6 nitrogen and oxygen atoms in total. The highest BCUT2D eigenvalue weighted by molar-refractivity contribution is 8.15. The molecular weight excluding hydrogens is 422 g/mol. The van der Waals surface area contributed by atoms with Crippen molar-refractivity contribution in [1.82, 2.24) is 5.32 Å². The highest BCUT2D eigenvalue weighted by atomic mass is 32.2. The molecule has 0 aromatic heterocycles. The zero-order valence-electron chi connectivity index (χ0n) is 18.7. The Hall–Kier alpha value is -3.06. The number of amides is 2. The molecule has 2 aliphatic rings. The van der Waals surface area contributed by atoms with Crippen LogP contribution in [0.1, 0.15) is 36.5 Å². The minimum atomic E-state index is -0.365. The lowest BCUT2D eigenvalue weighted by molar-refractivity contribution is -0.120. The molecule has 1 aliphatic heterocycles. The summed E-state index contributed by atoms with van der Waals surface area (Å²) in [6.45, 7) is 5.85. The van der Waals surface area contributed by atoms with Crippen molar-refractivity contribution in [3.63, 3.8) is 0 Å². The van der Waals surface area contributed by atoms with Gasteiger partial charge in [0, 0.05) is 6.04 Å². The fourth-order valence-electron chi connectivity index (χ4n) is 3.50. The molecule has 1 unspecified atom stereocenters. The lowest BCUT2D eigenvalue weighted by Gasteiger charge is -2.21. The number of hydrogen-bond acceptors (Lipinski definition) is 5. The molecule has 0 radical (unpaired) electrons. The summed E-state index contributed by atoms with van der Waals surface area (Å²) in [5, 5.41) is 3.18. The number of ether oxygens (including phenoxy) is 1. The third-order valence-corrected chi connectivity index (χ3v) is 6.34. The predicted molar refractivity (Wildman–Crippen MR) is 130 cm³/mol. The molecule has 2 aromatic carbocycles. The predicted octanol–water partition coefficient (Wildman–Crippen LogP) is 4.46. The smallest absolute Gasteiger partial charge is 0.283 e. The second-order valence-electron chi connectivity index (χ2n) is 8.23. The lowest BCUT2D eigenvalue weighted by atomic mass is 10.1. The van der Waals surface area contributed by atoms with Crippen LogP contribution in [0.2, 0.25) is 0 Å². The van der Waals surface area contributed by atoms with Gasteiger partial charge in [-0.1, -0.05) is 30.0 Å². The van der Waals surface area contributed by atoms with E-state index in [1.54, 1.807) is 18.1 Å². The van der Waals surface area contributed by atoms with Gasteiger partial charge < -0.3 is 10.1 Å². The minimum absolute atomic E-state index is 0.0272. The van der Waals surface area contributed by atoms with Gasteiger partial charge >= 0.3 is 0 Å². The number of nitrogens with one attached hydrogen (secondary N) is 1. The van der Waals surface area contributed by atoms with Gasteiger partial charge in [0.25, 0.3) is 5.91 Å². The highest BCUT2D eigenvalue weighted by Gasteiger charge is 2.35. The van der Waals surface area contributed by atoms with Gasteiger partial charge in [0.1, 0.15) is 11.4 Å². The van der Waals surface area contributed by atoms with E-state index in [2.05, 4.69) is 16.4 Å². The van der Waals surface area contributed by atoms with Crippen LogP contribution in [-0.4, -0.2) is 35.4 Å². The SMILES string of the molecule is COc1ccc(/C=C2\N=C(SC(C)C(=O)NC3CC3)N(c3cc(C)cc(C)c3)C2=O)cc1. The summed E-state index contributed by atoms with van der Waals surface area (Å²) in [5.41, 5.74) is 4.07. The molecule has 1 N–H and O–H groups in total. The summed E-state index contributed by atoms with van der Waals surface area (Å²) in [6, 6.07) is 13.7. The molecule has 0 saturated heterocycles. The third kappa shape index (κ3) is 5.05. The van der Waals surface area contributed by atoms with Gasteiger partial charge in [0.15, 0.2) is 5.17 Å². The summed E-state index contributed by atoms with van der Waals surface area (Å²) in [5.74, 6) is 0.515. The van der Waals surface area contributed by atoms with E-state index < -0.39 is 0 Å². The first-order valence-corrected chi connectivity index (χ1v) is 11.6. The summed E-state index contributed by atoms with van der Waals surface area (Å²) in [6.07, 6.45) is 3.83. The Morgan fingerprint density at radius 1 is 1.19 bits per heavy atom. The van der Waals surface area contributed by atoms with E-state index in [4.69, 9.17) is 4.74 Å². The quantitative estimate of drug-likeness (QED) is 0.661. The van der Waals surface area contributed by atoms with Gasteiger partial charge in [0.05, 0.1) is 18.0 Å². The number of aryl methyl sites for hydroxylation is 2. The van der Waals surface area contributed by atoms with Crippen molar-refractivity contribution in [1.29, 1.82) is 0 Å². The molecule has 1 heterocycles. The molecule has 2 amide bonds. The van der Waals surface area contributed by atoms with Crippen LogP contribution in [0, 0.1) is 13.8 Å². The van der Waals surface area contributed by atoms with E-state index in [-0.39, 0.29) is 17.1 Å². The van der Waals surface area contributed by atoms with Crippen molar-refractivity contribution in [3.05, 3.63) is 64.9 Å². The molecule has 166 valence electrons. The zero-order chi connectivity index (χ0) is 22.8. The Labute approximate surface area is 192 Å². The van der Waals surface area contributed by atoms with E-state index in [1.165, 1.54) is 11.8 Å². The van der Waals surface area contributed by atoms with Crippen LogP contribution >= 0.6 is 11.8 Å². The molecule has 4 rings (SSSR count). The Kier molecular flexibility index (Phi) is 6.37. The monoisotopic (exact) mass is 449 g/mol. The average Bonchev–Trinajstić information content (AvgIpc) is 3.51. The Bertz CT molecular complexity index is 1080. The van der Waals surface area contributed by atoms with Crippen LogP contribution in [0.3, 0.4) is 0 Å². The van der Waals surface area contributed by atoms with Crippen LogP contribution in [0.4, 0.5) is 5.69 Å². The van der Waals surface area contributed by atoms with Gasteiger partial charge in [-0.3, -0.25) is 14.5 Å². The Balaban J connectivity index is 1.66. The van der Waals surface area contributed by atoms with Crippen molar-refractivity contribution in [3.8, 4) is 5.75 Å². The molecule has 1 saturated carbocycles. The first-order valence-electron chi connectivity index (χ1n) is 10.7. The van der Waals surface area contributed by atoms with Crippen LogP contribution < -0.4 is 15.0 Å². The molecule has 0 bridgehead atoms. The average molecular weight is 450 g/mol. The largest absolute Gasteiger partial charge is 0.497 e. The van der Waals surface area contributed by atoms with Crippen molar-refractivity contribution in [2.75, 3.05) is 12.0 Å². The Morgan fingerprint density at radius 2 is 1.84 bits per heavy atom. The number of thioether (sulfide) groups is 1. The number of nitrogens with zero attached hydrogens (tertiary/aromatic N) is 2. The lowest BCUT2D eigenvalue weighted by Crippen LogP contribution is -2.36. The first kappa shape index (κ1) is 22.1. The number of methoxy groups -OCH3 is 1. The molecule has 2 aromatic rings. The van der Waals surface area contributed by atoms with Gasteiger partial charge in [-0.2, -0.15) is 0 Å². The fourth-order valence-corrected chi connectivity index (χ4v) is 4.43. The van der Waals surface area contributed by atoms with E-state index in [0.717, 1.165) is 41.0 Å². The van der Waals surface area contributed by atoms with Crippen molar-refractivity contribution < 1.29 is 14.3 Å². The number of aliphatic imine (C=N–C) groups is 1. The normalized spacial score (nSPS) is 18.0. The minimum Gasteiger partial charge on any atom is -0.497 e. The number of carbonyl (C=O) groups excluding carboxylic acids is 2. The van der Waals surface area contributed by atoms with E-state index in [9.17, 15) is 9.59 Å². The maximum atomic E-state index is 13.4. The summed E-state index contributed by atoms with van der Waals surface area (Å²) >= 11 is 1.31. The molecule has 1 aliphatic carbocycles. The van der Waals surface area contributed by atoms with Crippen LogP contribution in [-0.2, 0) is 9.59 Å². The maximum absolute atomic E-state index is 13.4. The number of amidine groups is 1. The Morgan fingerprint density at radius 3 is 2.44 bits per heavy atom.